The molecule has 7 nitrogen and oxygen atoms in total. The van der Waals surface area contributed by atoms with Gasteiger partial charge < -0.3 is 14.6 Å². The Morgan fingerprint density at radius 1 is 1.50 bits per heavy atom. The predicted molar refractivity (Wildman–Crippen MR) is 52.4 cm³/mol. The molecule has 0 aliphatic heterocycles. The van der Waals surface area contributed by atoms with E-state index in [1.807, 2.05) is 0 Å². The van der Waals surface area contributed by atoms with Gasteiger partial charge in [-0.15, -0.1) is 0 Å². The molecule has 0 atom stereocenters. The van der Waals surface area contributed by atoms with Crippen LogP contribution in [0, 0.1) is 6.92 Å². The number of ether oxygens (including phenoxy) is 1. The topological polar surface area (TPSA) is 94.3 Å². The minimum absolute atomic E-state index is 0.127. The molecular weight excluding hydrogens is 214 g/mol. The molecule has 0 saturated carbocycles. The van der Waals surface area contributed by atoms with Crippen molar-refractivity contribution in [3.63, 3.8) is 0 Å². The molecule has 0 spiro atoms. The summed E-state index contributed by atoms with van der Waals surface area (Å²) in [5, 5.41) is 6.00. The highest BCUT2D eigenvalue weighted by molar-refractivity contribution is 5.81. The number of aryl methyl sites for hydroxylation is 2. The third-order valence-electron chi connectivity index (χ3n) is 1.79. The molecule has 0 aliphatic rings. The molecule has 1 heterocycles. The van der Waals surface area contributed by atoms with Crippen LogP contribution in [0.15, 0.2) is 4.52 Å². The summed E-state index contributed by atoms with van der Waals surface area (Å²) in [5.41, 5.74) is 0. The maximum Gasteiger partial charge on any atom is 0.325 e. The number of methoxy groups -OCH3 is 1. The summed E-state index contributed by atoms with van der Waals surface area (Å²) in [4.78, 5) is 25.9. The highest BCUT2D eigenvalue weighted by Gasteiger charge is 2.08. The van der Waals surface area contributed by atoms with Crippen LogP contribution in [-0.4, -0.2) is 35.7 Å². The second-order valence-electron chi connectivity index (χ2n) is 3.09. The second kappa shape index (κ2) is 5.84. The van der Waals surface area contributed by atoms with E-state index >= 15 is 0 Å². The van der Waals surface area contributed by atoms with Crippen molar-refractivity contribution in [2.45, 2.75) is 19.8 Å². The lowest BCUT2D eigenvalue weighted by Crippen LogP contribution is -2.30. The van der Waals surface area contributed by atoms with Crippen molar-refractivity contribution in [1.82, 2.24) is 15.5 Å². The molecule has 0 bridgehead atoms. The summed E-state index contributed by atoms with van der Waals surface area (Å²) in [5.74, 6) is 0.193. The number of nitrogens with one attached hydrogen (secondary N) is 1. The monoisotopic (exact) mass is 227 g/mol. The van der Waals surface area contributed by atoms with Gasteiger partial charge in [-0.1, -0.05) is 5.16 Å². The van der Waals surface area contributed by atoms with Crippen LogP contribution in [0.5, 0.6) is 0 Å². The Bertz CT molecular complexity index is 375. The zero-order valence-electron chi connectivity index (χ0n) is 9.15. The van der Waals surface area contributed by atoms with Gasteiger partial charge in [0.2, 0.25) is 11.8 Å². The zero-order valence-corrected chi connectivity index (χ0v) is 9.15. The Labute approximate surface area is 92.2 Å². The second-order valence-corrected chi connectivity index (χ2v) is 3.09. The standard InChI is InChI=1S/C9H13N3O4/c1-6-11-8(16-12-6)4-3-7(13)10-5-9(14)15-2/h3-5H2,1-2H3,(H,10,13). The van der Waals surface area contributed by atoms with Crippen molar-refractivity contribution in [2.24, 2.45) is 0 Å². The molecule has 1 amide bonds. The molecule has 88 valence electrons. The molecule has 1 rings (SSSR count). The minimum Gasteiger partial charge on any atom is -0.468 e. The van der Waals surface area contributed by atoms with Gasteiger partial charge in [0, 0.05) is 12.8 Å². The molecule has 0 radical (unpaired) electrons. The van der Waals surface area contributed by atoms with Gasteiger partial charge in [0.25, 0.3) is 0 Å². The number of amides is 1. The number of aromatic nitrogens is 2. The van der Waals surface area contributed by atoms with E-state index in [2.05, 4.69) is 20.2 Å². The summed E-state index contributed by atoms with van der Waals surface area (Å²) < 4.78 is 9.20. The first-order valence-electron chi connectivity index (χ1n) is 4.74. The average Bonchev–Trinajstić information content (AvgIpc) is 2.69. The molecule has 0 fully saturated rings. The van der Waals surface area contributed by atoms with Gasteiger partial charge in [0.1, 0.15) is 6.54 Å². The first-order chi connectivity index (χ1) is 7.61. The molecule has 0 saturated heterocycles. The largest absolute Gasteiger partial charge is 0.468 e. The van der Waals surface area contributed by atoms with Gasteiger partial charge in [-0.2, -0.15) is 4.98 Å². The van der Waals surface area contributed by atoms with Gasteiger partial charge in [-0.3, -0.25) is 9.59 Å². The number of hydrogen-bond donors (Lipinski definition) is 1. The Morgan fingerprint density at radius 2 is 2.25 bits per heavy atom. The van der Waals surface area contributed by atoms with Crippen LogP contribution in [0.3, 0.4) is 0 Å². The highest BCUT2D eigenvalue weighted by atomic mass is 16.5. The van der Waals surface area contributed by atoms with Gasteiger partial charge in [0.15, 0.2) is 5.82 Å². The summed E-state index contributed by atoms with van der Waals surface area (Å²) in [6.45, 7) is 1.57. The van der Waals surface area contributed by atoms with E-state index in [1.54, 1.807) is 6.92 Å². The van der Waals surface area contributed by atoms with Crippen molar-refractivity contribution in [3.05, 3.63) is 11.7 Å². The van der Waals surface area contributed by atoms with Gasteiger partial charge in [-0.05, 0) is 6.92 Å². The van der Waals surface area contributed by atoms with E-state index in [-0.39, 0.29) is 18.9 Å². The maximum atomic E-state index is 11.2. The van der Waals surface area contributed by atoms with Crippen LogP contribution in [0.1, 0.15) is 18.1 Å². The van der Waals surface area contributed by atoms with Crippen molar-refractivity contribution >= 4 is 11.9 Å². The fraction of sp³-hybridized carbons (Fsp3) is 0.556. The smallest absolute Gasteiger partial charge is 0.325 e. The molecule has 16 heavy (non-hydrogen) atoms. The number of carbonyl (C=O) groups excluding carboxylic acids is 2. The van der Waals surface area contributed by atoms with Crippen molar-refractivity contribution < 1.29 is 18.8 Å². The third kappa shape index (κ3) is 4.07. The fourth-order valence-corrected chi connectivity index (χ4v) is 0.993. The SMILES string of the molecule is COC(=O)CNC(=O)CCc1nc(C)no1. The molecule has 1 aromatic heterocycles. The van der Waals surface area contributed by atoms with E-state index in [9.17, 15) is 9.59 Å². The van der Waals surface area contributed by atoms with E-state index in [0.717, 1.165) is 0 Å². The molecule has 1 N–H and O–H groups in total. The summed E-state index contributed by atoms with van der Waals surface area (Å²) in [6.07, 6.45) is 0.548. The number of rotatable bonds is 5. The molecule has 0 aromatic carbocycles. The normalized spacial score (nSPS) is 9.88. The van der Waals surface area contributed by atoms with Crippen molar-refractivity contribution in [3.8, 4) is 0 Å². The number of carbonyl (C=O) groups is 2. The van der Waals surface area contributed by atoms with Gasteiger partial charge in [-0.25, -0.2) is 0 Å². The Kier molecular flexibility index (Phi) is 4.43. The summed E-state index contributed by atoms with van der Waals surface area (Å²) in [7, 11) is 1.26. The molecule has 1 aromatic rings. The summed E-state index contributed by atoms with van der Waals surface area (Å²) >= 11 is 0. The lowest BCUT2D eigenvalue weighted by atomic mass is 10.3. The zero-order chi connectivity index (χ0) is 12.0. The maximum absolute atomic E-state index is 11.2. The quantitative estimate of drug-likeness (QED) is 0.688. The van der Waals surface area contributed by atoms with Crippen LogP contribution in [0.4, 0.5) is 0 Å². The lowest BCUT2D eigenvalue weighted by Gasteiger charge is -2.01. The Hall–Kier alpha value is -1.92. The van der Waals surface area contributed by atoms with Gasteiger partial charge in [0.05, 0.1) is 7.11 Å². The molecule has 7 heteroatoms. The Balaban J connectivity index is 2.22. The van der Waals surface area contributed by atoms with Crippen LogP contribution < -0.4 is 5.32 Å². The van der Waals surface area contributed by atoms with E-state index < -0.39 is 5.97 Å². The Morgan fingerprint density at radius 3 is 2.81 bits per heavy atom. The first kappa shape index (κ1) is 12.2. The lowest BCUT2D eigenvalue weighted by molar-refractivity contribution is -0.141. The highest BCUT2D eigenvalue weighted by Crippen LogP contribution is 1.99. The minimum atomic E-state index is -0.484. The molecule has 0 aliphatic carbocycles. The van der Waals surface area contributed by atoms with Gasteiger partial charge >= 0.3 is 5.97 Å². The van der Waals surface area contributed by atoms with Crippen molar-refractivity contribution in [2.75, 3.05) is 13.7 Å². The number of nitrogens with zero attached hydrogens (tertiary/aromatic N) is 2. The van der Waals surface area contributed by atoms with Crippen molar-refractivity contribution in [1.29, 1.82) is 0 Å². The molecular formula is C9H13N3O4. The first-order valence-corrected chi connectivity index (χ1v) is 4.74. The van der Waals surface area contributed by atoms with E-state index in [4.69, 9.17) is 4.52 Å². The van der Waals surface area contributed by atoms with E-state index in [1.165, 1.54) is 7.11 Å². The molecule has 0 unspecified atom stereocenters. The third-order valence-corrected chi connectivity index (χ3v) is 1.79. The summed E-state index contributed by atoms with van der Waals surface area (Å²) in [6, 6.07) is 0. The van der Waals surface area contributed by atoms with Crippen LogP contribution in [0.25, 0.3) is 0 Å². The van der Waals surface area contributed by atoms with Crippen LogP contribution in [-0.2, 0) is 20.7 Å². The number of esters is 1. The number of hydrogen-bond acceptors (Lipinski definition) is 6. The van der Waals surface area contributed by atoms with E-state index in [0.29, 0.717) is 18.1 Å². The average molecular weight is 227 g/mol. The van der Waals surface area contributed by atoms with Crippen LogP contribution in [0.2, 0.25) is 0 Å². The fourth-order valence-electron chi connectivity index (χ4n) is 0.993. The van der Waals surface area contributed by atoms with Crippen LogP contribution >= 0.6 is 0 Å². The predicted octanol–water partition coefficient (Wildman–Crippen LogP) is -0.400.